The zero-order valence-electron chi connectivity index (χ0n) is 9.53. The molecular weight excluding hydrogens is 192 g/mol. The summed E-state index contributed by atoms with van der Waals surface area (Å²) in [5.41, 5.74) is 0. The Morgan fingerprint density at radius 1 is 1.33 bits per heavy atom. The smallest absolute Gasteiger partial charge is 0.227 e. The van der Waals surface area contributed by atoms with E-state index >= 15 is 0 Å². The van der Waals surface area contributed by atoms with E-state index < -0.39 is 0 Å². The number of rotatable bonds is 1. The van der Waals surface area contributed by atoms with Crippen molar-refractivity contribution in [3.8, 4) is 0 Å². The van der Waals surface area contributed by atoms with E-state index in [0.29, 0.717) is 5.91 Å². The van der Waals surface area contributed by atoms with Crippen LogP contribution in [0.1, 0.15) is 20.3 Å². The number of amides is 1. The first kappa shape index (κ1) is 10.9. The predicted molar refractivity (Wildman–Crippen MR) is 57.6 cm³/mol. The fourth-order valence-corrected chi connectivity index (χ4v) is 2.48. The average Bonchev–Trinajstić information content (AvgIpc) is 2.67. The van der Waals surface area contributed by atoms with Gasteiger partial charge in [0.15, 0.2) is 0 Å². The Kier molecular flexibility index (Phi) is 3.26. The van der Waals surface area contributed by atoms with Gasteiger partial charge in [-0.1, -0.05) is 0 Å². The topological polar surface area (TPSA) is 41.6 Å². The summed E-state index contributed by atoms with van der Waals surface area (Å²) in [6.45, 7) is 7.38. The van der Waals surface area contributed by atoms with Crippen molar-refractivity contribution in [3.63, 3.8) is 0 Å². The summed E-state index contributed by atoms with van der Waals surface area (Å²) in [4.78, 5) is 14.1. The predicted octanol–water partition coefficient (Wildman–Crippen LogP) is 0.232. The Labute approximate surface area is 91.0 Å². The van der Waals surface area contributed by atoms with Crippen molar-refractivity contribution in [1.29, 1.82) is 0 Å². The van der Waals surface area contributed by atoms with Crippen LogP contribution >= 0.6 is 0 Å². The maximum absolute atomic E-state index is 12.1. The van der Waals surface area contributed by atoms with E-state index in [0.717, 1.165) is 32.6 Å². The molecule has 4 heteroatoms. The highest BCUT2D eigenvalue weighted by atomic mass is 16.5. The van der Waals surface area contributed by atoms with Crippen LogP contribution in [0, 0.1) is 5.92 Å². The zero-order valence-corrected chi connectivity index (χ0v) is 9.53. The molecule has 0 aromatic carbocycles. The molecule has 0 aromatic rings. The maximum atomic E-state index is 12.1. The molecule has 86 valence electrons. The van der Waals surface area contributed by atoms with E-state index in [9.17, 15) is 4.79 Å². The SMILES string of the molecule is C[C@@H]1CN(C(=O)[C@H]2CCNC2)C[C@H](C)O1. The van der Waals surface area contributed by atoms with E-state index in [4.69, 9.17) is 4.74 Å². The van der Waals surface area contributed by atoms with Gasteiger partial charge in [0.25, 0.3) is 0 Å². The highest BCUT2D eigenvalue weighted by molar-refractivity contribution is 5.79. The third-order valence-corrected chi connectivity index (χ3v) is 3.14. The summed E-state index contributed by atoms with van der Waals surface area (Å²) in [6, 6.07) is 0. The molecule has 15 heavy (non-hydrogen) atoms. The summed E-state index contributed by atoms with van der Waals surface area (Å²) in [5.74, 6) is 0.504. The lowest BCUT2D eigenvalue weighted by Gasteiger charge is -2.36. The van der Waals surface area contributed by atoms with Crippen LogP contribution in [0.2, 0.25) is 0 Å². The van der Waals surface area contributed by atoms with Gasteiger partial charge in [-0.25, -0.2) is 0 Å². The molecule has 2 fully saturated rings. The average molecular weight is 212 g/mol. The lowest BCUT2D eigenvalue weighted by Crippen LogP contribution is -2.50. The number of carbonyl (C=O) groups is 1. The summed E-state index contributed by atoms with van der Waals surface area (Å²) in [7, 11) is 0. The van der Waals surface area contributed by atoms with Crippen molar-refractivity contribution in [2.75, 3.05) is 26.2 Å². The van der Waals surface area contributed by atoms with Crippen LogP contribution < -0.4 is 5.32 Å². The molecule has 0 unspecified atom stereocenters. The molecule has 2 aliphatic heterocycles. The first-order chi connectivity index (χ1) is 7.16. The zero-order chi connectivity index (χ0) is 10.8. The van der Waals surface area contributed by atoms with Crippen LogP contribution in [-0.4, -0.2) is 49.2 Å². The Balaban J connectivity index is 1.93. The fourth-order valence-electron chi connectivity index (χ4n) is 2.48. The molecule has 0 saturated carbocycles. The monoisotopic (exact) mass is 212 g/mol. The minimum absolute atomic E-state index is 0.173. The first-order valence-electron chi connectivity index (χ1n) is 5.82. The van der Waals surface area contributed by atoms with Gasteiger partial charge in [0.2, 0.25) is 5.91 Å². The van der Waals surface area contributed by atoms with Gasteiger partial charge in [0.05, 0.1) is 18.1 Å². The van der Waals surface area contributed by atoms with Crippen LogP contribution in [0.4, 0.5) is 0 Å². The summed E-state index contributed by atoms with van der Waals surface area (Å²) in [5, 5.41) is 3.24. The molecule has 0 spiro atoms. The summed E-state index contributed by atoms with van der Waals surface area (Å²) < 4.78 is 5.62. The van der Waals surface area contributed by atoms with Gasteiger partial charge < -0.3 is 15.0 Å². The van der Waals surface area contributed by atoms with Crippen LogP contribution in [0.15, 0.2) is 0 Å². The molecule has 0 radical (unpaired) electrons. The number of nitrogens with zero attached hydrogens (tertiary/aromatic N) is 1. The Morgan fingerprint density at radius 2 is 2.00 bits per heavy atom. The van der Waals surface area contributed by atoms with Crippen molar-refractivity contribution >= 4 is 5.91 Å². The van der Waals surface area contributed by atoms with Gasteiger partial charge in [-0.3, -0.25) is 4.79 Å². The molecule has 0 aliphatic carbocycles. The molecule has 2 heterocycles. The minimum atomic E-state index is 0.173. The van der Waals surface area contributed by atoms with Gasteiger partial charge in [-0.2, -0.15) is 0 Å². The third-order valence-electron chi connectivity index (χ3n) is 3.14. The third kappa shape index (κ3) is 2.49. The minimum Gasteiger partial charge on any atom is -0.372 e. The molecule has 2 rings (SSSR count). The highest BCUT2D eigenvalue weighted by Crippen LogP contribution is 2.17. The molecule has 2 aliphatic rings. The largest absolute Gasteiger partial charge is 0.372 e. The fraction of sp³-hybridized carbons (Fsp3) is 0.909. The van der Waals surface area contributed by atoms with Crippen molar-refractivity contribution in [2.45, 2.75) is 32.5 Å². The first-order valence-corrected chi connectivity index (χ1v) is 5.82. The molecule has 0 aromatic heterocycles. The standard InChI is InChI=1S/C11H20N2O2/c1-8-6-13(7-9(2)15-8)11(14)10-3-4-12-5-10/h8-10,12H,3-7H2,1-2H3/t8-,9+,10-/m0/s1. The number of nitrogens with one attached hydrogen (secondary N) is 1. The quantitative estimate of drug-likeness (QED) is 0.676. The van der Waals surface area contributed by atoms with E-state index in [2.05, 4.69) is 5.32 Å². The van der Waals surface area contributed by atoms with Gasteiger partial charge in [-0.05, 0) is 26.8 Å². The molecular formula is C11H20N2O2. The van der Waals surface area contributed by atoms with E-state index in [1.165, 1.54) is 0 Å². The Hall–Kier alpha value is -0.610. The summed E-state index contributed by atoms with van der Waals surface area (Å²) >= 11 is 0. The van der Waals surface area contributed by atoms with Crippen molar-refractivity contribution < 1.29 is 9.53 Å². The van der Waals surface area contributed by atoms with Crippen molar-refractivity contribution in [2.24, 2.45) is 5.92 Å². The molecule has 4 nitrogen and oxygen atoms in total. The van der Waals surface area contributed by atoms with Crippen molar-refractivity contribution in [3.05, 3.63) is 0 Å². The molecule has 2 saturated heterocycles. The van der Waals surface area contributed by atoms with E-state index in [1.807, 2.05) is 18.7 Å². The summed E-state index contributed by atoms with van der Waals surface area (Å²) in [6.07, 6.45) is 1.33. The van der Waals surface area contributed by atoms with Crippen LogP contribution in [-0.2, 0) is 9.53 Å². The van der Waals surface area contributed by atoms with Crippen LogP contribution in [0.3, 0.4) is 0 Å². The maximum Gasteiger partial charge on any atom is 0.227 e. The number of morpholine rings is 1. The lowest BCUT2D eigenvalue weighted by molar-refractivity contribution is -0.146. The number of hydrogen-bond acceptors (Lipinski definition) is 3. The number of ether oxygens (including phenoxy) is 1. The van der Waals surface area contributed by atoms with Gasteiger partial charge in [-0.15, -0.1) is 0 Å². The van der Waals surface area contributed by atoms with Gasteiger partial charge in [0, 0.05) is 19.6 Å². The van der Waals surface area contributed by atoms with Crippen LogP contribution in [0.25, 0.3) is 0 Å². The Morgan fingerprint density at radius 3 is 2.53 bits per heavy atom. The molecule has 1 amide bonds. The normalized spacial score (nSPS) is 36.9. The second kappa shape index (κ2) is 4.49. The van der Waals surface area contributed by atoms with E-state index in [1.54, 1.807) is 0 Å². The van der Waals surface area contributed by atoms with Gasteiger partial charge >= 0.3 is 0 Å². The van der Waals surface area contributed by atoms with Crippen LogP contribution in [0.5, 0.6) is 0 Å². The molecule has 1 N–H and O–H groups in total. The van der Waals surface area contributed by atoms with Gasteiger partial charge in [0.1, 0.15) is 0 Å². The van der Waals surface area contributed by atoms with Crippen molar-refractivity contribution in [1.82, 2.24) is 10.2 Å². The second-order valence-corrected chi connectivity index (χ2v) is 4.69. The molecule has 0 bridgehead atoms. The Bertz CT molecular complexity index is 229. The number of hydrogen-bond donors (Lipinski definition) is 1. The number of carbonyl (C=O) groups excluding carboxylic acids is 1. The molecule has 3 atom stereocenters. The van der Waals surface area contributed by atoms with E-state index in [-0.39, 0.29) is 18.1 Å². The highest BCUT2D eigenvalue weighted by Gasteiger charge is 2.31. The second-order valence-electron chi connectivity index (χ2n) is 4.69. The lowest BCUT2D eigenvalue weighted by atomic mass is 10.1.